The normalized spacial score (nSPS) is 22.1. The number of nitrogens with zero attached hydrogens (tertiary/aromatic N) is 1. The Kier molecular flexibility index (Phi) is 3.48. The van der Waals surface area contributed by atoms with Crippen molar-refractivity contribution in [1.82, 2.24) is 5.06 Å². The third kappa shape index (κ3) is 2.81. The molecule has 0 saturated carbocycles. The number of carbonyl (C=O) groups excluding carboxylic acids is 1. The maximum absolute atomic E-state index is 12.1. The number of hydroxylamine groups is 2. The lowest BCUT2D eigenvalue weighted by molar-refractivity contribution is -0.238. The molecular formula is C14H20NO3. The van der Waals surface area contributed by atoms with Crippen LogP contribution < -0.4 is 0 Å². The van der Waals surface area contributed by atoms with E-state index in [4.69, 9.17) is 0 Å². The Balaban J connectivity index is 3.10. The summed E-state index contributed by atoms with van der Waals surface area (Å²) in [4.78, 5) is 12.0. The van der Waals surface area contributed by atoms with E-state index in [9.17, 15) is 15.1 Å². The first-order valence-corrected chi connectivity index (χ1v) is 5.88. The van der Waals surface area contributed by atoms with Gasteiger partial charge in [-0.1, -0.05) is 12.0 Å². The van der Waals surface area contributed by atoms with Gasteiger partial charge in [0.15, 0.2) is 0 Å². The van der Waals surface area contributed by atoms with Crippen LogP contribution in [0.3, 0.4) is 0 Å². The molecular weight excluding hydrogens is 230 g/mol. The summed E-state index contributed by atoms with van der Waals surface area (Å²) in [6.45, 7) is 9.92. The number of aliphatic hydroxyl groups is 1. The van der Waals surface area contributed by atoms with Gasteiger partial charge >= 0.3 is 0 Å². The van der Waals surface area contributed by atoms with Crippen molar-refractivity contribution in [3.8, 4) is 11.8 Å². The van der Waals surface area contributed by atoms with E-state index in [-0.39, 0.29) is 0 Å². The van der Waals surface area contributed by atoms with Crippen LogP contribution in [0.1, 0.15) is 41.5 Å². The second-order valence-corrected chi connectivity index (χ2v) is 6.20. The molecule has 1 heterocycles. The summed E-state index contributed by atoms with van der Waals surface area (Å²) in [5, 5.41) is 22.5. The molecule has 0 atom stereocenters. The Hall–Kier alpha value is -1.15. The number of ketones is 1. The Labute approximate surface area is 108 Å². The molecule has 0 aromatic rings. The van der Waals surface area contributed by atoms with E-state index in [0.717, 1.165) is 5.06 Å². The van der Waals surface area contributed by atoms with Gasteiger partial charge in [-0.2, -0.15) is 0 Å². The Morgan fingerprint density at radius 2 is 1.83 bits per heavy atom. The molecule has 4 nitrogen and oxygen atoms in total. The SMILES string of the molecule is CC(C)(O)C#CC(=O)C1=CC(C)(C)N([O])C1(C)C. The average molecular weight is 250 g/mol. The zero-order valence-corrected chi connectivity index (χ0v) is 11.8. The van der Waals surface area contributed by atoms with Gasteiger partial charge in [0, 0.05) is 5.57 Å². The molecule has 0 saturated heterocycles. The number of Topliss-reactive ketones (excluding diaryl/α,β-unsaturated/α-hetero) is 1. The second kappa shape index (κ2) is 4.20. The Bertz CT molecular complexity index is 456. The average Bonchev–Trinajstić information content (AvgIpc) is 2.34. The molecule has 0 amide bonds. The largest absolute Gasteiger partial charge is 0.378 e. The van der Waals surface area contributed by atoms with E-state index in [1.54, 1.807) is 33.8 Å². The molecule has 1 radical (unpaired) electrons. The summed E-state index contributed by atoms with van der Waals surface area (Å²) in [6.07, 6.45) is 1.65. The molecule has 99 valence electrons. The van der Waals surface area contributed by atoms with Crippen molar-refractivity contribution in [3.05, 3.63) is 11.6 Å². The minimum Gasteiger partial charge on any atom is -0.378 e. The third-order valence-corrected chi connectivity index (χ3v) is 2.91. The predicted molar refractivity (Wildman–Crippen MR) is 67.8 cm³/mol. The van der Waals surface area contributed by atoms with Gasteiger partial charge in [0.25, 0.3) is 0 Å². The fraction of sp³-hybridized carbons (Fsp3) is 0.643. The van der Waals surface area contributed by atoms with E-state index < -0.39 is 22.5 Å². The molecule has 1 aliphatic rings. The van der Waals surface area contributed by atoms with E-state index in [2.05, 4.69) is 11.8 Å². The summed E-state index contributed by atoms with van der Waals surface area (Å²) in [7, 11) is 0. The number of hydrogen-bond acceptors (Lipinski definition) is 3. The van der Waals surface area contributed by atoms with Crippen LogP contribution in [0.4, 0.5) is 0 Å². The highest BCUT2D eigenvalue weighted by atomic mass is 16.5. The van der Waals surface area contributed by atoms with Gasteiger partial charge in [-0.05, 0) is 47.5 Å². The quantitative estimate of drug-likeness (QED) is 0.566. The molecule has 1 N–H and O–H groups in total. The summed E-state index contributed by atoms with van der Waals surface area (Å²) >= 11 is 0. The summed E-state index contributed by atoms with van der Waals surface area (Å²) < 4.78 is 0. The van der Waals surface area contributed by atoms with Crippen LogP contribution in [-0.4, -0.2) is 32.6 Å². The standard InChI is InChI=1S/C14H20NO3/c1-12(2)9-10(14(5,6)15(12)18)11(16)7-8-13(3,4)17/h9,17H,1-6H3. The predicted octanol–water partition coefficient (Wildman–Crippen LogP) is 1.47. The van der Waals surface area contributed by atoms with Gasteiger partial charge in [0.05, 0.1) is 11.1 Å². The molecule has 0 spiro atoms. The lowest BCUT2D eigenvalue weighted by Crippen LogP contribution is -2.47. The van der Waals surface area contributed by atoms with Crippen LogP contribution in [-0.2, 0) is 10.0 Å². The highest BCUT2D eigenvalue weighted by Crippen LogP contribution is 2.38. The number of rotatable bonds is 1. The van der Waals surface area contributed by atoms with Gasteiger partial charge in [-0.15, -0.1) is 10.3 Å². The van der Waals surface area contributed by atoms with Crippen LogP contribution in [0.15, 0.2) is 11.6 Å². The molecule has 0 bridgehead atoms. The van der Waals surface area contributed by atoms with E-state index >= 15 is 0 Å². The molecule has 0 fully saturated rings. The zero-order chi connectivity index (χ0) is 14.4. The Morgan fingerprint density at radius 3 is 2.17 bits per heavy atom. The van der Waals surface area contributed by atoms with Gasteiger partial charge < -0.3 is 5.11 Å². The molecule has 0 unspecified atom stereocenters. The van der Waals surface area contributed by atoms with Crippen molar-refractivity contribution >= 4 is 5.78 Å². The van der Waals surface area contributed by atoms with Crippen LogP contribution in [0, 0.1) is 11.8 Å². The smallest absolute Gasteiger partial charge is 0.233 e. The summed E-state index contributed by atoms with van der Waals surface area (Å²) in [6, 6.07) is 0. The fourth-order valence-corrected chi connectivity index (χ4v) is 2.04. The Morgan fingerprint density at radius 1 is 1.33 bits per heavy atom. The van der Waals surface area contributed by atoms with E-state index in [0.29, 0.717) is 5.57 Å². The molecule has 0 aromatic heterocycles. The molecule has 0 aromatic carbocycles. The van der Waals surface area contributed by atoms with Gasteiger partial charge in [-0.3, -0.25) is 4.79 Å². The highest BCUT2D eigenvalue weighted by molar-refractivity contribution is 6.10. The fourth-order valence-electron chi connectivity index (χ4n) is 2.04. The van der Waals surface area contributed by atoms with Crippen molar-refractivity contribution in [2.75, 3.05) is 0 Å². The molecule has 1 rings (SSSR count). The molecule has 18 heavy (non-hydrogen) atoms. The van der Waals surface area contributed by atoms with Crippen LogP contribution in [0.25, 0.3) is 0 Å². The van der Waals surface area contributed by atoms with Crippen molar-refractivity contribution < 1.29 is 15.1 Å². The lowest BCUT2D eigenvalue weighted by Gasteiger charge is -2.33. The number of hydrogen-bond donors (Lipinski definition) is 1. The van der Waals surface area contributed by atoms with E-state index in [1.165, 1.54) is 13.8 Å². The minimum absolute atomic E-state index is 0.388. The summed E-state index contributed by atoms with van der Waals surface area (Å²) in [5.41, 5.74) is -2.44. The molecule has 4 heteroatoms. The van der Waals surface area contributed by atoms with Crippen LogP contribution >= 0.6 is 0 Å². The van der Waals surface area contributed by atoms with Crippen LogP contribution in [0.2, 0.25) is 0 Å². The first kappa shape index (κ1) is 14.9. The zero-order valence-electron chi connectivity index (χ0n) is 11.8. The van der Waals surface area contributed by atoms with Gasteiger partial charge in [0.1, 0.15) is 5.60 Å². The monoisotopic (exact) mass is 250 g/mol. The van der Waals surface area contributed by atoms with Crippen molar-refractivity contribution in [3.63, 3.8) is 0 Å². The van der Waals surface area contributed by atoms with Crippen molar-refractivity contribution in [1.29, 1.82) is 0 Å². The minimum atomic E-state index is -1.22. The maximum Gasteiger partial charge on any atom is 0.233 e. The van der Waals surface area contributed by atoms with E-state index in [1.807, 2.05) is 0 Å². The maximum atomic E-state index is 12.1. The molecule has 0 aliphatic carbocycles. The van der Waals surface area contributed by atoms with Crippen molar-refractivity contribution in [2.45, 2.75) is 58.2 Å². The lowest BCUT2D eigenvalue weighted by atomic mass is 9.93. The molecule has 1 aliphatic heterocycles. The highest BCUT2D eigenvalue weighted by Gasteiger charge is 2.48. The van der Waals surface area contributed by atoms with Gasteiger partial charge in [0.2, 0.25) is 5.78 Å². The van der Waals surface area contributed by atoms with Crippen LogP contribution in [0.5, 0.6) is 0 Å². The van der Waals surface area contributed by atoms with Gasteiger partial charge in [-0.25, -0.2) is 0 Å². The third-order valence-electron chi connectivity index (χ3n) is 2.91. The second-order valence-electron chi connectivity index (χ2n) is 6.20. The first-order valence-electron chi connectivity index (χ1n) is 5.88. The van der Waals surface area contributed by atoms with Crippen molar-refractivity contribution in [2.24, 2.45) is 0 Å². The summed E-state index contributed by atoms with van der Waals surface area (Å²) in [5.74, 6) is 4.47. The first-order chi connectivity index (χ1) is 7.88. The number of carbonyl (C=O) groups is 1. The topological polar surface area (TPSA) is 60.4 Å².